The van der Waals surface area contributed by atoms with E-state index in [2.05, 4.69) is 25.6 Å². The highest BCUT2D eigenvalue weighted by molar-refractivity contribution is 5.88. The van der Waals surface area contributed by atoms with Crippen LogP contribution in [0.15, 0.2) is 66.2 Å². The van der Waals surface area contributed by atoms with Crippen LogP contribution in [0.1, 0.15) is 5.56 Å². The number of methoxy groups -OCH3 is 1. The molecule has 0 aliphatic heterocycles. The molecule has 0 amide bonds. The molecule has 27 heavy (non-hydrogen) atoms. The van der Waals surface area contributed by atoms with Crippen LogP contribution in [0.25, 0.3) is 16.7 Å². The summed E-state index contributed by atoms with van der Waals surface area (Å²) in [6.45, 7) is 0. The van der Waals surface area contributed by atoms with E-state index < -0.39 is 0 Å². The number of rotatable bonds is 5. The number of benzene rings is 2. The van der Waals surface area contributed by atoms with Gasteiger partial charge in [-0.15, -0.1) is 0 Å². The highest BCUT2D eigenvalue weighted by Gasteiger charge is 2.10. The second kappa shape index (κ2) is 7.12. The Morgan fingerprint density at radius 1 is 1.15 bits per heavy atom. The third-order valence-electron chi connectivity index (χ3n) is 3.95. The number of nitrogens with zero attached hydrogens (tertiary/aromatic N) is 5. The molecule has 2 aromatic heterocycles. The smallest absolute Gasteiger partial charge is 0.168 e. The van der Waals surface area contributed by atoms with Crippen molar-refractivity contribution in [1.29, 1.82) is 0 Å². The van der Waals surface area contributed by atoms with E-state index in [-0.39, 0.29) is 5.75 Å². The average molecular weight is 360 g/mol. The molecule has 4 aromatic rings. The van der Waals surface area contributed by atoms with Crippen LogP contribution in [-0.2, 0) is 0 Å². The van der Waals surface area contributed by atoms with E-state index in [0.717, 1.165) is 16.6 Å². The van der Waals surface area contributed by atoms with E-state index in [1.54, 1.807) is 35.3 Å². The predicted molar refractivity (Wildman–Crippen MR) is 103 cm³/mol. The second-order valence-corrected chi connectivity index (χ2v) is 5.65. The largest absolute Gasteiger partial charge is 0.504 e. The number of phenolic OH excluding ortho intramolecular Hbond substituents is 1. The van der Waals surface area contributed by atoms with Crippen LogP contribution in [0, 0.1) is 0 Å². The first-order valence-corrected chi connectivity index (χ1v) is 8.16. The van der Waals surface area contributed by atoms with Crippen LogP contribution < -0.4 is 10.2 Å². The Balaban J connectivity index is 1.61. The van der Waals surface area contributed by atoms with Crippen molar-refractivity contribution in [3.63, 3.8) is 0 Å². The van der Waals surface area contributed by atoms with Gasteiger partial charge in [-0.1, -0.05) is 18.2 Å². The average Bonchev–Trinajstić information content (AvgIpc) is 3.15. The van der Waals surface area contributed by atoms with Crippen molar-refractivity contribution < 1.29 is 9.84 Å². The fourth-order valence-electron chi connectivity index (χ4n) is 2.63. The third-order valence-corrected chi connectivity index (χ3v) is 3.95. The molecule has 2 heterocycles. The van der Waals surface area contributed by atoms with Crippen molar-refractivity contribution in [1.82, 2.24) is 19.7 Å². The summed E-state index contributed by atoms with van der Waals surface area (Å²) in [6.07, 6.45) is 4.77. The maximum absolute atomic E-state index is 9.64. The molecule has 0 aliphatic carbocycles. The van der Waals surface area contributed by atoms with Crippen molar-refractivity contribution in [2.45, 2.75) is 0 Å². The summed E-state index contributed by atoms with van der Waals surface area (Å²) in [5, 5.41) is 19.0. The summed E-state index contributed by atoms with van der Waals surface area (Å²) in [6, 6.07) is 14.7. The zero-order valence-electron chi connectivity index (χ0n) is 14.4. The molecule has 0 fully saturated rings. The molecule has 0 radical (unpaired) electrons. The number of aromatic nitrogens is 4. The Kier molecular flexibility index (Phi) is 4.36. The van der Waals surface area contributed by atoms with Gasteiger partial charge in [0.2, 0.25) is 0 Å². The van der Waals surface area contributed by atoms with Crippen LogP contribution in [0.5, 0.6) is 11.5 Å². The lowest BCUT2D eigenvalue weighted by Crippen LogP contribution is -1.99. The maximum Gasteiger partial charge on any atom is 0.168 e. The monoisotopic (exact) mass is 360 g/mol. The number of aromatic hydroxyl groups is 1. The first-order valence-electron chi connectivity index (χ1n) is 8.16. The van der Waals surface area contributed by atoms with Gasteiger partial charge in [-0.2, -0.15) is 10.2 Å². The number of hydrazone groups is 1. The number of nitrogens with one attached hydrogen (secondary N) is 1. The van der Waals surface area contributed by atoms with Crippen LogP contribution in [-0.4, -0.2) is 38.2 Å². The fourth-order valence-corrected chi connectivity index (χ4v) is 2.63. The minimum atomic E-state index is 0.0773. The summed E-state index contributed by atoms with van der Waals surface area (Å²) in [4.78, 5) is 8.57. The quantitative estimate of drug-likeness (QED) is 0.419. The van der Waals surface area contributed by atoms with E-state index in [0.29, 0.717) is 17.2 Å². The minimum absolute atomic E-state index is 0.0773. The van der Waals surface area contributed by atoms with Gasteiger partial charge in [-0.05, 0) is 35.9 Å². The molecule has 0 spiro atoms. The molecule has 134 valence electrons. The van der Waals surface area contributed by atoms with E-state index in [4.69, 9.17) is 4.74 Å². The number of anilines is 1. The topological polar surface area (TPSA) is 97.5 Å². The molecule has 0 unspecified atom stereocenters. The predicted octanol–water partition coefficient (Wildman–Crippen LogP) is 2.98. The van der Waals surface area contributed by atoms with Gasteiger partial charge in [0.05, 0.1) is 30.6 Å². The Hall–Kier alpha value is -3.94. The number of fused-ring (bicyclic) bond motifs is 1. The highest BCUT2D eigenvalue weighted by Crippen LogP contribution is 2.25. The van der Waals surface area contributed by atoms with Gasteiger partial charge in [0.1, 0.15) is 6.33 Å². The lowest BCUT2D eigenvalue weighted by Gasteiger charge is -2.04. The molecular weight excluding hydrogens is 344 g/mol. The summed E-state index contributed by atoms with van der Waals surface area (Å²) >= 11 is 0. The van der Waals surface area contributed by atoms with Crippen LogP contribution in [0.3, 0.4) is 0 Å². The summed E-state index contributed by atoms with van der Waals surface area (Å²) in [5.41, 5.74) is 5.28. The zero-order chi connectivity index (χ0) is 18.6. The van der Waals surface area contributed by atoms with E-state index >= 15 is 0 Å². The van der Waals surface area contributed by atoms with Gasteiger partial charge in [-0.25, -0.2) is 14.6 Å². The van der Waals surface area contributed by atoms with Crippen LogP contribution in [0.4, 0.5) is 5.82 Å². The SMILES string of the molecule is COc1cc(/C=N\Nc2ncnc3c2cnn3-c2ccccc2)ccc1O. The highest BCUT2D eigenvalue weighted by atomic mass is 16.5. The molecular formula is C19H16N6O2. The van der Waals surface area contributed by atoms with E-state index in [9.17, 15) is 5.11 Å². The minimum Gasteiger partial charge on any atom is -0.504 e. The molecule has 8 heteroatoms. The molecule has 0 bridgehead atoms. The first-order chi connectivity index (χ1) is 13.3. The first kappa shape index (κ1) is 16.5. The van der Waals surface area contributed by atoms with Crippen molar-refractivity contribution in [2.75, 3.05) is 12.5 Å². The lowest BCUT2D eigenvalue weighted by molar-refractivity contribution is 0.373. The van der Waals surface area contributed by atoms with E-state index in [1.165, 1.54) is 13.4 Å². The van der Waals surface area contributed by atoms with Crippen molar-refractivity contribution >= 4 is 23.1 Å². The van der Waals surface area contributed by atoms with Crippen LogP contribution >= 0.6 is 0 Å². The summed E-state index contributed by atoms with van der Waals surface area (Å²) in [7, 11) is 1.50. The molecule has 0 saturated carbocycles. The van der Waals surface area contributed by atoms with Gasteiger partial charge in [0, 0.05) is 0 Å². The Morgan fingerprint density at radius 3 is 2.81 bits per heavy atom. The number of ether oxygens (including phenoxy) is 1. The molecule has 0 aliphatic rings. The normalized spacial score (nSPS) is 11.1. The van der Waals surface area contributed by atoms with Crippen molar-refractivity contribution in [3.05, 3.63) is 66.6 Å². The third kappa shape index (κ3) is 3.28. The number of phenols is 1. The molecule has 4 rings (SSSR count). The Morgan fingerprint density at radius 2 is 2.00 bits per heavy atom. The molecule has 0 saturated heterocycles. The lowest BCUT2D eigenvalue weighted by atomic mass is 10.2. The van der Waals surface area contributed by atoms with E-state index in [1.807, 2.05) is 30.3 Å². The zero-order valence-corrected chi connectivity index (χ0v) is 14.4. The van der Waals surface area contributed by atoms with Crippen LogP contribution in [0.2, 0.25) is 0 Å². The molecule has 0 atom stereocenters. The van der Waals surface area contributed by atoms with Gasteiger partial charge in [-0.3, -0.25) is 5.43 Å². The second-order valence-electron chi connectivity index (χ2n) is 5.65. The number of hydrogen-bond acceptors (Lipinski definition) is 7. The van der Waals surface area contributed by atoms with Crippen molar-refractivity contribution in [3.8, 4) is 17.2 Å². The number of hydrogen-bond donors (Lipinski definition) is 2. The fraction of sp³-hybridized carbons (Fsp3) is 0.0526. The standard InChI is InChI=1S/C19H16N6O2/c1-27-17-9-13(7-8-16(17)26)10-22-24-18-15-11-23-25(19(15)21-12-20-18)14-5-3-2-4-6-14/h2-12,26H,1H3,(H,20,21,24)/b22-10-. The summed E-state index contributed by atoms with van der Waals surface area (Å²) in [5.74, 6) is 1.00. The molecule has 2 N–H and O–H groups in total. The molecule has 2 aromatic carbocycles. The Bertz CT molecular complexity index is 1110. The summed E-state index contributed by atoms with van der Waals surface area (Å²) < 4.78 is 6.84. The maximum atomic E-state index is 9.64. The number of para-hydroxylation sites is 1. The Labute approximate surface area is 154 Å². The van der Waals surface area contributed by atoms with Gasteiger partial charge < -0.3 is 9.84 Å². The van der Waals surface area contributed by atoms with Gasteiger partial charge >= 0.3 is 0 Å². The van der Waals surface area contributed by atoms with Crippen molar-refractivity contribution in [2.24, 2.45) is 5.10 Å². The molecule has 8 nitrogen and oxygen atoms in total. The van der Waals surface area contributed by atoms with Gasteiger partial charge in [0.25, 0.3) is 0 Å². The van der Waals surface area contributed by atoms with Gasteiger partial charge in [0.15, 0.2) is 23.0 Å².